The van der Waals surface area contributed by atoms with Crippen LogP contribution in [0.2, 0.25) is 0 Å². The Labute approximate surface area is 134 Å². The highest BCUT2D eigenvalue weighted by atomic mass is 16.2. The third kappa shape index (κ3) is 3.42. The summed E-state index contributed by atoms with van der Waals surface area (Å²) >= 11 is 0. The SMILES string of the molecule is NCC1CCCCC1NC(=O)Cn1ncc2ccccc2c1=O. The van der Waals surface area contributed by atoms with Gasteiger partial charge >= 0.3 is 0 Å². The molecule has 1 aliphatic carbocycles. The molecular weight excluding hydrogens is 292 g/mol. The van der Waals surface area contributed by atoms with Crippen LogP contribution in [-0.4, -0.2) is 28.3 Å². The number of carbonyl (C=O) groups is 1. The van der Waals surface area contributed by atoms with Crippen molar-refractivity contribution in [1.82, 2.24) is 15.1 Å². The van der Waals surface area contributed by atoms with Crippen molar-refractivity contribution in [3.63, 3.8) is 0 Å². The lowest BCUT2D eigenvalue weighted by atomic mass is 9.84. The van der Waals surface area contributed by atoms with Crippen LogP contribution >= 0.6 is 0 Å². The Morgan fingerprint density at radius 1 is 1.30 bits per heavy atom. The van der Waals surface area contributed by atoms with Gasteiger partial charge in [0.05, 0.1) is 11.6 Å². The number of hydrogen-bond acceptors (Lipinski definition) is 4. The molecular formula is C17H22N4O2. The van der Waals surface area contributed by atoms with E-state index < -0.39 is 0 Å². The lowest BCUT2D eigenvalue weighted by molar-refractivity contribution is -0.123. The minimum atomic E-state index is -0.239. The molecule has 3 N–H and O–H groups in total. The summed E-state index contributed by atoms with van der Waals surface area (Å²) in [6.45, 7) is 0.524. The number of nitrogens with one attached hydrogen (secondary N) is 1. The number of carbonyl (C=O) groups excluding carboxylic acids is 1. The molecule has 2 atom stereocenters. The quantitative estimate of drug-likeness (QED) is 0.882. The van der Waals surface area contributed by atoms with Gasteiger partial charge in [0.15, 0.2) is 0 Å². The van der Waals surface area contributed by atoms with Crippen molar-refractivity contribution >= 4 is 16.7 Å². The van der Waals surface area contributed by atoms with Crippen LogP contribution in [0.1, 0.15) is 25.7 Å². The maximum Gasteiger partial charge on any atom is 0.275 e. The van der Waals surface area contributed by atoms with Crippen LogP contribution in [0, 0.1) is 5.92 Å². The van der Waals surface area contributed by atoms with Crippen molar-refractivity contribution in [3.05, 3.63) is 40.8 Å². The Kier molecular flexibility index (Phi) is 4.71. The molecule has 1 fully saturated rings. The predicted molar refractivity (Wildman–Crippen MR) is 88.9 cm³/mol. The van der Waals surface area contributed by atoms with Gasteiger partial charge in [-0.1, -0.05) is 31.0 Å². The first kappa shape index (κ1) is 15.7. The summed E-state index contributed by atoms with van der Waals surface area (Å²) in [6.07, 6.45) is 5.89. The number of hydrogen-bond donors (Lipinski definition) is 2. The molecule has 0 radical (unpaired) electrons. The van der Waals surface area contributed by atoms with Crippen molar-refractivity contribution in [3.8, 4) is 0 Å². The zero-order valence-corrected chi connectivity index (χ0v) is 13.1. The van der Waals surface area contributed by atoms with E-state index in [0.717, 1.165) is 24.6 Å². The van der Waals surface area contributed by atoms with Crippen LogP contribution in [0.25, 0.3) is 10.8 Å². The van der Waals surface area contributed by atoms with E-state index in [9.17, 15) is 9.59 Å². The molecule has 2 aromatic rings. The second-order valence-electron chi connectivity index (χ2n) is 6.15. The fourth-order valence-corrected chi connectivity index (χ4v) is 3.31. The fourth-order valence-electron chi connectivity index (χ4n) is 3.31. The smallest absolute Gasteiger partial charge is 0.275 e. The molecule has 23 heavy (non-hydrogen) atoms. The third-order valence-corrected chi connectivity index (χ3v) is 4.61. The number of rotatable bonds is 4. The molecule has 1 heterocycles. The van der Waals surface area contributed by atoms with Crippen LogP contribution in [-0.2, 0) is 11.3 Å². The Morgan fingerprint density at radius 2 is 2.09 bits per heavy atom. The molecule has 6 heteroatoms. The topological polar surface area (TPSA) is 90.0 Å². The highest BCUT2D eigenvalue weighted by Crippen LogP contribution is 2.23. The number of nitrogens with two attached hydrogens (primary N) is 1. The monoisotopic (exact) mass is 314 g/mol. The minimum Gasteiger partial charge on any atom is -0.351 e. The van der Waals surface area contributed by atoms with E-state index in [1.165, 1.54) is 11.1 Å². The van der Waals surface area contributed by atoms with Gasteiger partial charge in [-0.2, -0.15) is 5.10 Å². The van der Waals surface area contributed by atoms with Crippen molar-refractivity contribution in [2.45, 2.75) is 38.3 Å². The van der Waals surface area contributed by atoms with Gasteiger partial charge in [0.25, 0.3) is 5.56 Å². The van der Waals surface area contributed by atoms with E-state index in [1.54, 1.807) is 12.3 Å². The molecule has 1 aromatic heterocycles. The first-order valence-electron chi connectivity index (χ1n) is 8.13. The van der Waals surface area contributed by atoms with Gasteiger partial charge in [0.2, 0.25) is 5.91 Å². The van der Waals surface area contributed by atoms with Gasteiger partial charge < -0.3 is 11.1 Å². The van der Waals surface area contributed by atoms with Gasteiger partial charge in [0.1, 0.15) is 6.54 Å². The summed E-state index contributed by atoms with van der Waals surface area (Å²) in [7, 11) is 0. The largest absolute Gasteiger partial charge is 0.351 e. The predicted octanol–water partition coefficient (Wildman–Crippen LogP) is 1.03. The van der Waals surface area contributed by atoms with E-state index in [0.29, 0.717) is 17.8 Å². The normalized spacial score (nSPS) is 21.3. The van der Waals surface area contributed by atoms with Crippen LogP contribution in [0.5, 0.6) is 0 Å². The van der Waals surface area contributed by atoms with Crippen molar-refractivity contribution < 1.29 is 4.79 Å². The van der Waals surface area contributed by atoms with Crippen LogP contribution < -0.4 is 16.6 Å². The minimum absolute atomic E-state index is 0.0581. The summed E-state index contributed by atoms with van der Waals surface area (Å²) in [5.41, 5.74) is 5.55. The lowest BCUT2D eigenvalue weighted by Gasteiger charge is -2.31. The molecule has 1 saturated carbocycles. The zero-order valence-electron chi connectivity index (χ0n) is 13.1. The molecule has 0 bridgehead atoms. The zero-order chi connectivity index (χ0) is 16.2. The summed E-state index contributed by atoms with van der Waals surface area (Å²) < 4.78 is 1.22. The summed E-state index contributed by atoms with van der Waals surface area (Å²) in [6, 6.07) is 7.36. The van der Waals surface area contributed by atoms with E-state index in [1.807, 2.05) is 18.2 Å². The maximum atomic E-state index is 12.4. The van der Waals surface area contributed by atoms with Crippen LogP contribution in [0.4, 0.5) is 0 Å². The molecule has 1 amide bonds. The van der Waals surface area contributed by atoms with E-state index in [2.05, 4.69) is 10.4 Å². The number of fused-ring (bicyclic) bond motifs is 1. The van der Waals surface area contributed by atoms with Crippen LogP contribution in [0.3, 0.4) is 0 Å². The lowest BCUT2D eigenvalue weighted by Crippen LogP contribution is -2.46. The highest BCUT2D eigenvalue weighted by Gasteiger charge is 2.25. The molecule has 0 aliphatic heterocycles. The van der Waals surface area contributed by atoms with Gasteiger partial charge in [-0.15, -0.1) is 0 Å². The molecule has 2 unspecified atom stereocenters. The Morgan fingerprint density at radius 3 is 2.91 bits per heavy atom. The molecule has 122 valence electrons. The Hall–Kier alpha value is -2.21. The Balaban J connectivity index is 1.73. The van der Waals surface area contributed by atoms with E-state index in [-0.39, 0.29) is 24.1 Å². The first-order valence-corrected chi connectivity index (χ1v) is 8.13. The maximum absolute atomic E-state index is 12.4. The second kappa shape index (κ2) is 6.91. The van der Waals surface area contributed by atoms with Crippen LogP contribution in [0.15, 0.2) is 35.3 Å². The van der Waals surface area contributed by atoms with Crippen molar-refractivity contribution in [1.29, 1.82) is 0 Å². The van der Waals surface area contributed by atoms with E-state index >= 15 is 0 Å². The summed E-state index contributed by atoms with van der Waals surface area (Å²) in [5.74, 6) is 0.147. The first-order chi connectivity index (χ1) is 11.2. The average Bonchev–Trinajstić information content (AvgIpc) is 2.58. The van der Waals surface area contributed by atoms with E-state index in [4.69, 9.17) is 5.73 Å². The highest BCUT2D eigenvalue weighted by molar-refractivity contribution is 5.81. The Bertz CT molecular complexity index is 756. The fraction of sp³-hybridized carbons (Fsp3) is 0.471. The number of amides is 1. The summed E-state index contributed by atoms with van der Waals surface area (Å²) in [4.78, 5) is 24.7. The number of aromatic nitrogens is 2. The van der Waals surface area contributed by atoms with Gasteiger partial charge in [0, 0.05) is 11.4 Å². The molecule has 6 nitrogen and oxygen atoms in total. The molecule has 0 spiro atoms. The standard InChI is InChI=1S/C17H22N4O2/c18-9-12-5-2-4-8-15(12)20-16(22)11-21-17(23)14-7-3-1-6-13(14)10-19-21/h1,3,6-7,10,12,15H,2,4-5,8-9,11,18H2,(H,20,22). The number of nitrogens with zero attached hydrogens (tertiary/aromatic N) is 2. The summed E-state index contributed by atoms with van der Waals surface area (Å²) in [5, 5.41) is 8.48. The van der Waals surface area contributed by atoms with Crippen molar-refractivity contribution in [2.75, 3.05) is 6.54 Å². The molecule has 1 aliphatic rings. The van der Waals surface area contributed by atoms with Gasteiger partial charge in [-0.3, -0.25) is 9.59 Å². The molecule has 0 saturated heterocycles. The second-order valence-corrected chi connectivity index (χ2v) is 6.15. The number of benzene rings is 1. The third-order valence-electron chi connectivity index (χ3n) is 4.61. The average molecular weight is 314 g/mol. The van der Waals surface area contributed by atoms with Gasteiger partial charge in [-0.05, 0) is 31.4 Å². The molecule has 3 rings (SSSR count). The van der Waals surface area contributed by atoms with Crippen molar-refractivity contribution in [2.24, 2.45) is 11.7 Å². The van der Waals surface area contributed by atoms with Gasteiger partial charge in [-0.25, -0.2) is 4.68 Å². The molecule has 1 aromatic carbocycles.